The Morgan fingerprint density at radius 2 is 1.97 bits per heavy atom. The third kappa shape index (κ3) is 6.58. The van der Waals surface area contributed by atoms with Crippen molar-refractivity contribution in [1.29, 1.82) is 0 Å². The van der Waals surface area contributed by atoms with E-state index >= 15 is 0 Å². The molecule has 1 aromatic heterocycles. The number of aromatic nitrogens is 1. The van der Waals surface area contributed by atoms with Crippen molar-refractivity contribution >= 4 is 18.0 Å². The first-order chi connectivity index (χ1) is 15.3. The minimum Gasteiger partial charge on any atom is -0.390 e. The number of carbonyl (C=O) groups excluding carboxylic acids is 2. The third-order valence-electron chi connectivity index (χ3n) is 6.05. The first-order valence-corrected chi connectivity index (χ1v) is 11.2. The average molecular weight is 436 g/mol. The molecule has 2 heterocycles. The summed E-state index contributed by atoms with van der Waals surface area (Å²) in [7, 11) is 0. The summed E-state index contributed by atoms with van der Waals surface area (Å²) in [6, 6.07) is 11.6. The highest BCUT2D eigenvalue weighted by atomic mass is 16.3. The van der Waals surface area contributed by atoms with Crippen LogP contribution in [0, 0.1) is 5.92 Å². The number of likely N-dealkylation sites (tertiary alicyclic amines) is 1. The molecule has 1 amide bonds. The molecule has 1 aliphatic rings. The van der Waals surface area contributed by atoms with Crippen LogP contribution in [0.15, 0.2) is 54.7 Å². The number of hydrogen-bond acceptors (Lipinski definition) is 5. The van der Waals surface area contributed by atoms with Crippen LogP contribution < -0.4 is 5.32 Å². The van der Waals surface area contributed by atoms with Gasteiger partial charge in [0.2, 0.25) is 5.91 Å². The third-order valence-corrected chi connectivity index (χ3v) is 6.05. The van der Waals surface area contributed by atoms with Gasteiger partial charge in [-0.15, -0.1) is 0 Å². The number of carbonyl (C=O) groups is 2. The van der Waals surface area contributed by atoms with Crippen LogP contribution >= 0.6 is 0 Å². The standard InChI is InChI=1S/C26H33N3O3/c1-19(2)23(18-30)21-7-4-6-20(16-21)22-9-10-24(27-17-22)28-25(31)8-5-13-29-14-11-26(3,32)12-15-29/h4-10,16-19,23,32H,11-15H2,1-3H3,(H,27,28,31)/b8-5+. The van der Waals surface area contributed by atoms with Crippen LogP contribution in [0.4, 0.5) is 5.82 Å². The summed E-state index contributed by atoms with van der Waals surface area (Å²) in [6.07, 6.45) is 7.59. The fraction of sp³-hybridized carbons (Fsp3) is 0.423. The second-order valence-electron chi connectivity index (χ2n) is 9.15. The van der Waals surface area contributed by atoms with Crippen LogP contribution in [0.2, 0.25) is 0 Å². The second-order valence-corrected chi connectivity index (χ2v) is 9.15. The molecular weight excluding hydrogens is 402 g/mol. The number of amides is 1. The van der Waals surface area contributed by atoms with Gasteiger partial charge in [0.25, 0.3) is 0 Å². The largest absolute Gasteiger partial charge is 0.390 e. The Kier molecular flexibility index (Phi) is 7.94. The zero-order valence-electron chi connectivity index (χ0n) is 19.1. The van der Waals surface area contributed by atoms with E-state index in [1.807, 2.05) is 57.2 Å². The topological polar surface area (TPSA) is 82.5 Å². The maximum absolute atomic E-state index is 12.2. The van der Waals surface area contributed by atoms with Crippen molar-refractivity contribution in [2.45, 2.75) is 45.1 Å². The lowest BCUT2D eigenvalue weighted by molar-refractivity contribution is -0.112. The second kappa shape index (κ2) is 10.7. The van der Waals surface area contributed by atoms with Gasteiger partial charge in [0.15, 0.2) is 0 Å². The highest BCUT2D eigenvalue weighted by molar-refractivity contribution is 5.98. The summed E-state index contributed by atoms with van der Waals surface area (Å²) < 4.78 is 0. The molecule has 0 saturated carbocycles. The quantitative estimate of drug-likeness (QED) is 0.483. The van der Waals surface area contributed by atoms with Gasteiger partial charge in [0, 0.05) is 43.4 Å². The van der Waals surface area contributed by atoms with Crippen molar-refractivity contribution in [2.75, 3.05) is 25.0 Å². The summed E-state index contributed by atoms with van der Waals surface area (Å²) in [6.45, 7) is 8.29. The van der Waals surface area contributed by atoms with Crippen LogP contribution in [0.5, 0.6) is 0 Å². The summed E-state index contributed by atoms with van der Waals surface area (Å²) in [5, 5.41) is 12.8. The highest BCUT2D eigenvalue weighted by Crippen LogP contribution is 2.27. The summed E-state index contributed by atoms with van der Waals surface area (Å²) in [4.78, 5) is 30.2. The van der Waals surface area contributed by atoms with Crippen molar-refractivity contribution in [3.8, 4) is 11.1 Å². The molecule has 0 spiro atoms. The van der Waals surface area contributed by atoms with Crippen molar-refractivity contribution in [1.82, 2.24) is 9.88 Å². The first kappa shape index (κ1) is 23.8. The van der Waals surface area contributed by atoms with E-state index in [0.717, 1.165) is 48.9 Å². The van der Waals surface area contributed by atoms with Gasteiger partial charge in [-0.2, -0.15) is 0 Å². The smallest absolute Gasteiger partial charge is 0.249 e. The Hall–Kier alpha value is -2.83. The van der Waals surface area contributed by atoms with E-state index < -0.39 is 5.60 Å². The van der Waals surface area contributed by atoms with Crippen molar-refractivity contribution in [2.24, 2.45) is 5.92 Å². The number of nitrogens with one attached hydrogen (secondary N) is 1. The number of aliphatic hydroxyl groups is 1. The van der Waals surface area contributed by atoms with Crippen LogP contribution in [0.1, 0.15) is 45.1 Å². The predicted octanol–water partition coefficient (Wildman–Crippen LogP) is 4.03. The fourth-order valence-electron chi connectivity index (χ4n) is 3.88. The number of aldehydes is 1. The number of nitrogens with zero attached hydrogens (tertiary/aromatic N) is 2. The van der Waals surface area contributed by atoms with E-state index in [9.17, 15) is 14.7 Å². The van der Waals surface area contributed by atoms with Crippen molar-refractivity contribution in [3.05, 3.63) is 60.3 Å². The molecule has 6 heteroatoms. The van der Waals surface area contributed by atoms with E-state index in [0.29, 0.717) is 12.4 Å². The van der Waals surface area contributed by atoms with Gasteiger partial charge in [0.1, 0.15) is 12.1 Å². The Bertz CT molecular complexity index is 941. The minimum absolute atomic E-state index is 0.133. The number of anilines is 1. The molecule has 1 aliphatic heterocycles. The zero-order valence-corrected chi connectivity index (χ0v) is 19.1. The lowest BCUT2D eigenvalue weighted by atomic mass is 9.88. The molecule has 0 aliphatic carbocycles. The van der Waals surface area contributed by atoms with E-state index in [1.165, 1.54) is 6.08 Å². The molecule has 6 nitrogen and oxygen atoms in total. The molecule has 1 unspecified atom stereocenters. The van der Waals surface area contributed by atoms with Gasteiger partial charge in [-0.25, -0.2) is 4.98 Å². The van der Waals surface area contributed by atoms with Crippen LogP contribution in [0.3, 0.4) is 0 Å². The van der Waals surface area contributed by atoms with E-state index in [-0.39, 0.29) is 17.7 Å². The maximum Gasteiger partial charge on any atom is 0.249 e. The van der Waals surface area contributed by atoms with Gasteiger partial charge >= 0.3 is 0 Å². The maximum atomic E-state index is 12.2. The number of piperidine rings is 1. The lowest BCUT2D eigenvalue weighted by Crippen LogP contribution is -2.42. The number of hydrogen-bond donors (Lipinski definition) is 2. The van der Waals surface area contributed by atoms with Crippen molar-refractivity contribution in [3.63, 3.8) is 0 Å². The molecule has 0 bridgehead atoms. The van der Waals surface area contributed by atoms with Gasteiger partial charge in [-0.1, -0.05) is 44.2 Å². The Morgan fingerprint density at radius 1 is 1.22 bits per heavy atom. The molecular formula is C26H33N3O3. The lowest BCUT2D eigenvalue weighted by Gasteiger charge is -2.35. The van der Waals surface area contributed by atoms with Crippen LogP contribution in [-0.4, -0.2) is 52.4 Å². The highest BCUT2D eigenvalue weighted by Gasteiger charge is 2.26. The summed E-state index contributed by atoms with van der Waals surface area (Å²) in [5.74, 6) is 0.367. The van der Waals surface area contributed by atoms with Gasteiger partial charge in [-0.05, 0) is 48.9 Å². The van der Waals surface area contributed by atoms with Crippen LogP contribution in [-0.2, 0) is 9.59 Å². The molecule has 1 fully saturated rings. The Morgan fingerprint density at radius 3 is 2.59 bits per heavy atom. The minimum atomic E-state index is -0.568. The molecule has 1 saturated heterocycles. The van der Waals surface area contributed by atoms with Gasteiger partial charge in [0.05, 0.1) is 5.60 Å². The predicted molar refractivity (Wildman–Crippen MR) is 127 cm³/mol. The molecule has 2 aromatic rings. The molecule has 3 rings (SSSR count). The summed E-state index contributed by atoms with van der Waals surface area (Å²) >= 11 is 0. The number of rotatable bonds is 8. The average Bonchev–Trinajstić information content (AvgIpc) is 2.76. The van der Waals surface area contributed by atoms with E-state index in [4.69, 9.17) is 0 Å². The SMILES string of the molecule is CC(C)C(C=O)c1cccc(-c2ccc(NC(=O)/C=C/CN3CCC(C)(O)CC3)nc2)c1. The van der Waals surface area contributed by atoms with E-state index in [2.05, 4.69) is 15.2 Å². The fourth-order valence-corrected chi connectivity index (χ4v) is 3.88. The number of benzene rings is 1. The molecule has 170 valence electrons. The van der Waals surface area contributed by atoms with Gasteiger partial charge < -0.3 is 15.2 Å². The monoisotopic (exact) mass is 435 g/mol. The zero-order chi connectivity index (χ0) is 23.1. The molecule has 1 aromatic carbocycles. The molecule has 0 radical (unpaired) electrons. The normalized spacial score (nSPS) is 17.4. The van der Waals surface area contributed by atoms with Gasteiger partial charge in [-0.3, -0.25) is 9.69 Å². The molecule has 32 heavy (non-hydrogen) atoms. The first-order valence-electron chi connectivity index (χ1n) is 11.2. The molecule has 1 atom stereocenters. The number of pyridine rings is 1. The van der Waals surface area contributed by atoms with Crippen LogP contribution in [0.25, 0.3) is 11.1 Å². The van der Waals surface area contributed by atoms with Crippen molar-refractivity contribution < 1.29 is 14.7 Å². The Labute approximate surface area is 190 Å². The molecule has 2 N–H and O–H groups in total. The Balaban J connectivity index is 1.56. The van der Waals surface area contributed by atoms with E-state index in [1.54, 1.807) is 12.3 Å². The summed E-state index contributed by atoms with van der Waals surface area (Å²) in [5.41, 5.74) is 2.34.